The Kier molecular flexibility index (Phi) is 5.52. The van der Waals surface area contributed by atoms with Crippen LogP contribution in [0.2, 0.25) is 0 Å². The van der Waals surface area contributed by atoms with Crippen molar-refractivity contribution in [2.24, 2.45) is 0 Å². The maximum atomic E-state index is 14.6. The molecule has 2 aromatic heterocycles. The van der Waals surface area contributed by atoms with E-state index in [9.17, 15) is 4.39 Å². The lowest BCUT2D eigenvalue weighted by atomic mass is 9.94. The van der Waals surface area contributed by atoms with E-state index in [1.165, 1.54) is 23.6 Å². The molecule has 0 bridgehead atoms. The fourth-order valence-electron chi connectivity index (χ4n) is 4.92. The molecule has 7 nitrogen and oxygen atoms in total. The molecule has 30 heavy (non-hydrogen) atoms. The average Bonchev–Trinajstić information content (AvgIpc) is 3.41. The first-order valence-electron chi connectivity index (χ1n) is 11.2. The van der Waals surface area contributed by atoms with Crippen LogP contribution in [0.5, 0.6) is 0 Å². The molecule has 0 saturated carbocycles. The zero-order valence-corrected chi connectivity index (χ0v) is 17.5. The quantitative estimate of drug-likeness (QED) is 0.692. The Bertz CT molecular complexity index is 1000. The minimum Gasteiger partial charge on any atom is -0.337 e. The highest BCUT2D eigenvalue weighted by molar-refractivity contribution is 5.83. The van der Waals surface area contributed by atoms with Crippen LogP contribution in [-0.4, -0.2) is 57.0 Å². The van der Waals surface area contributed by atoms with E-state index >= 15 is 0 Å². The largest absolute Gasteiger partial charge is 0.337 e. The van der Waals surface area contributed by atoms with Gasteiger partial charge >= 0.3 is 0 Å². The Labute approximate surface area is 175 Å². The predicted molar refractivity (Wildman–Crippen MR) is 112 cm³/mol. The third kappa shape index (κ3) is 3.63. The van der Waals surface area contributed by atoms with Gasteiger partial charge in [0.25, 0.3) is 5.95 Å². The summed E-state index contributed by atoms with van der Waals surface area (Å²) in [6, 6.07) is 5.78. The highest BCUT2D eigenvalue weighted by Gasteiger charge is 2.30. The second kappa shape index (κ2) is 8.43. The van der Waals surface area contributed by atoms with Crippen molar-refractivity contribution in [3.8, 4) is 5.95 Å². The molecule has 0 atom stereocenters. The van der Waals surface area contributed by atoms with Crippen LogP contribution in [0.4, 0.5) is 4.39 Å². The summed E-state index contributed by atoms with van der Waals surface area (Å²) in [6.45, 7) is 6.45. The number of likely N-dealkylation sites (tertiary alicyclic amines) is 1. The SMILES string of the molecule is CCCc1nn(-c2noc(C3CCN(C4CCNCC4)CC3)n2)c2c(F)cccc12. The second-order valence-electron chi connectivity index (χ2n) is 8.47. The number of nitrogens with zero attached hydrogens (tertiary/aromatic N) is 5. The zero-order valence-electron chi connectivity index (χ0n) is 17.5. The first-order valence-corrected chi connectivity index (χ1v) is 11.2. The van der Waals surface area contributed by atoms with E-state index in [0.29, 0.717) is 23.4 Å². The number of rotatable bonds is 5. The maximum absolute atomic E-state index is 14.6. The van der Waals surface area contributed by atoms with E-state index in [-0.39, 0.29) is 11.7 Å². The fraction of sp³-hybridized carbons (Fsp3) is 0.591. The number of aryl methyl sites for hydroxylation is 1. The normalized spacial score (nSPS) is 19.7. The standard InChI is InChI=1S/C22H29FN6O/c1-2-4-19-17-5-3-6-18(23)20(17)29(26-19)22-25-21(30-27-22)15-9-13-28(14-10-15)16-7-11-24-12-8-16/h3,5-6,15-16,24H,2,4,7-14H2,1H3. The molecule has 0 amide bonds. The molecule has 1 N–H and O–H groups in total. The van der Waals surface area contributed by atoms with Gasteiger partial charge in [-0.1, -0.05) is 25.5 Å². The third-order valence-corrected chi connectivity index (χ3v) is 6.54. The van der Waals surface area contributed by atoms with Gasteiger partial charge < -0.3 is 14.7 Å². The van der Waals surface area contributed by atoms with Crippen molar-refractivity contribution in [2.45, 2.75) is 57.4 Å². The molecule has 3 aromatic rings. The molecule has 2 fully saturated rings. The van der Waals surface area contributed by atoms with E-state index in [2.05, 4.69) is 32.4 Å². The van der Waals surface area contributed by atoms with Gasteiger partial charge in [-0.3, -0.25) is 0 Å². The lowest BCUT2D eigenvalue weighted by molar-refractivity contribution is 0.120. The molecule has 0 radical (unpaired) electrons. The average molecular weight is 413 g/mol. The Hall–Kier alpha value is -2.32. The van der Waals surface area contributed by atoms with Crippen LogP contribution >= 0.6 is 0 Å². The van der Waals surface area contributed by atoms with Crippen LogP contribution in [-0.2, 0) is 6.42 Å². The van der Waals surface area contributed by atoms with Crippen molar-refractivity contribution in [3.63, 3.8) is 0 Å². The molecular formula is C22H29FN6O. The van der Waals surface area contributed by atoms with Crippen molar-refractivity contribution in [1.82, 2.24) is 30.1 Å². The number of halogens is 1. The first kappa shape index (κ1) is 19.6. The number of benzene rings is 1. The van der Waals surface area contributed by atoms with E-state index in [1.807, 2.05) is 6.07 Å². The molecule has 160 valence electrons. The van der Waals surface area contributed by atoms with Crippen molar-refractivity contribution in [3.05, 3.63) is 35.6 Å². The van der Waals surface area contributed by atoms with Crippen molar-refractivity contribution >= 4 is 10.9 Å². The molecule has 5 rings (SSSR count). The van der Waals surface area contributed by atoms with Gasteiger partial charge in [-0.05, 0) is 69.5 Å². The number of fused-ring (bicyclic) bond motifs is 1. The summed E-state index contributed by atoms with van der Waals surface area (Å²) >= 11 is 0. The molecule has 2 aliphatic heterocycles. The summed E-state index contributed by atoms with van der Waals surface area (Å²) < 4.78 is 21.7. The lowest BCUT2D eigenvalue weighted by Crippen LogP contribution is -2.46. The molecule has 2 aliphatic rings. The summed E-state index contributed by atoms with van der Waals surface area (Å²) in [5, 5.41) is 13.0. The van der Waals surface area contributed by atoms with Crippen LogP contribution < -0.4 is 5.32 Å². The lowest BCUT2D eigenvalue weighted by Gasteiger charge is -2.38. The molecule has 2 saturated heterocycles. The minimum atomic E-state index is -0.316. The van der Waals surface area contributed by atoms with E-state index in [4.69, 9.17) is 4.52 Å². The maximum Gasteiger partial charge on any atom is 0.291 e. The van der Waals surface area contributed by atoms with Gasteiger partial charge in [0.1, 0.15) is 11.3 Å². The third-order valence-electron chi connectivity index (χ3n) is 6.54. The number of para-hydroxylation sites is 1. The summed E-state index contributed by atoms with van der Waals surface area (Å²) in [7, 11) is 0. The van der Waals surface area contributed by atoms with Gasteiger partial charge in [0.15, 0.2) is 0 Å². The number of piperidine rings is 2. The number of aromatic nitrogens is 4. The predicted octanol–water partition coefficient (Wildman–Crippen LogP) is 3.43. The molecule has 0 spiro atoms. The molecule has 8 heteroatoms. The van der Waals surface area contributed by atoms with Crippen molar-refractivity contribution < 1.29 is 8.91 Å². The molecule has 1 aromatic carbocycles. The Morgan fingerprint density at radius 3 is 2.73 bits per heavy atom. The second-order valence-corrected chi connectivity index (χ2v) is 8.47. The van der Waals surface area contributed by atoms with E-state index in [1.54, 1.807) is 6.07 Å². The number of hydrogen-bond donors (Lipinski definition) is 1. The van der Waals surface area contributed by atoms with Crippen molar-refractivity contribution in [2.75, 3.05) is 26.2 Å². The van der Waals surface area contributed by atoms with Gasteiger partial charge in [-0.25, -0.2) is 4.39 Å². The molecule has 0 aliphatic carbocycles. The first-order chi connectivity index (χ1) is 14.7. The van der Waals surface area contributed by atoms with Gasteiger partial charge in [0, 0.05) is 17.3 Å². The Balaban J connectivity index is 1.35. The summed E-state index contributed by atoms with van der Waals surface area (Å²) in [6.07, 6.45) is 6.21. The Morgan fingerprint density at radius 1 is 1.17 bits per heavy atom. The Morgan fingerprint density at radius 2 is 1.97 bits per heavy atom. The molecular weight excluding hydrogens is 383 g/mol. The zero-order chi connectivity index (χ0) is 20.5. The van der Waals surface area contributed by atoms with Gasteiger partial charge in [-0.15, -0.1) is 0 Å². The topological polar surface area (TPSA) is 72.0 Å². The van der Waals surface area contributed by atoms with Crippen LogP contribution in [0.15, 0.2) is 22.7 Å². The van der Waals surface area contributed by atoms with Crippen LogP contribution in [0.3, 0.4) is 0 Å². The summed E-state index contributed by atoms with van der Waals surface area (Å²) in [5.41, 5.74) is 1.29. The number of nitrogens with one attached hydrogen (secondary N) is 1. The van der Waals surface area contributed by atoms with Crippen LogP contribution in [0.25, 0.3) is 16.9 Å². The highest BCUT2D eigenvalue weighted by atomic mass is 19.1. The van der Waals surface area contributed by atoms with E-state index < -0.39 is 0 Å². The van der Waals surface area contributed by atoms with Gasteiger partial charge in [0.2, 0.25) is 5.89 Å². The highest BCUT2D eigenvalue weighted by Crippen LogP contribution is 2.30. The summed E-state index contributed by atoms with van der Waals surface area (Å²) in [4.78, 5) is 7.25. The van der Waals surface area contributed by atoms with Gasteiger partial charge in [-0.2, -0.15) is 14.8 Å². The molecule has 4 heterocycles. The monoisotopic (exact) mass is 412 g/mol. The fourth-order valence-corrected chi connectivity index (χ4v) is 4.92. The van der Waals surface area contributed by atoms with Crippen molar-refractivity contribution in [1.29, 1.82) is 0 Å². The van der Waals surface area contributed by atoms with Crippen LogP contribution in [0.1, 0.15) is 56.5 Å². The minimum absolute atomic E-state index is 0.256. The van der Waals surface area contributed by atoms with E-state index in [0.717, 1.165) is 62.9 Å². The molecule has 0 unspecified atom stereocenters. The van der Waals surface area contributed by atoms with Crippen LogP contribution in [0, 0.1) is 5.82 Å². The number of hydrogen-bond acceptors (Lipinski definition) is 6. The summed E-state index contributed by atoms with van der Waals surface area (Å²) in [5.74, 6) is 0.908. The van der Waals surface area contributed by atoms with Gasteiger partial charge in [0.05, 0.1) is 5.69 Å². The smallest absolute Gasteiger partial charge is 0.291 e.